The van der Waals surface area contributed by atoms with Gasteiger partial charge in [0.1, 0.15) is 0 Å². The van der Waals surface area contributed by atoms with Gasteiger partial charge >= 0.3 is 0 Å². The lowest BCUT2D eigenvalue weighted by molar-refractivity contribution is 0.733. The minimum atomic E-state index is 0.631. The summed E-state index contributed by atoms with van der Waals surface area (Å²) in [5.41, 5.74) is 1.37. The van der Waals surface area contributed by atoms with Crippen LogP contribution in [-0.4, -0.2) is 0 Å². The summed E-state index contributed by atoms with van der Waals surface area (Å²) in [6, 6.07) is 6.32. The van der Waals surface area contributed by atoms with E-state index in [4.69, 9.17) is 0 Å². The fourth-order valence-electron chi connectivity index (χ4n) is 1.19. The van der Waals surface area contributed by atoms with Crippen LogP contribution in [0.2, 0.25) is 0 Å². The molecule has 1 atom stereocenters. The predicted octanol–water partition coefficient (Wildman–Crippen LogP) is 2.02. The Kier molecular flexibility index (Phi) is 2.69. The van der Waals surface area contributed by atoms with Gasteiger partial charge in [-0.1, -0.05) is 45.2 Å². The van der Waals surface area contributed by atoms with Gasteiger partial charge in [-0.15, -0.1) is 0 Å². The lowest BCUT2D eigenvalue weighted by Crippen LogP contribution is -2.21. The SMILES string of the molecule is C=c1ccc(C(C)CC)cc1=C. The summed E-state index contributed by atoms with van der Waals surface area (Å²) >= 11 is 0. The van der Waals surface area contributed by atoms with Crippen molar-refractivity contribution in [3.8, 4) is 0 Å². The molecule has 1 aromatic rings. The molecule has 1 unspecified atom stereocenters. The summed E-state index contributed by atoms with van der Waals surface area (Å²) < 4.78 is 0. The molecule has 0 aromatic heterocycles. The zero-order chi connectivity index (χ0) is 9.14. The van der Waals surface area contributed by atoms with Crippen molar-refractivity contribution in [2.45, 2.75) is 26.2 Å². The van der Waals surface area contributed by atoms with Crippen LogP contribution in [0.1, 0.15) is 31.7 Å². The van der Waals surface area contributed by atoms with Crippen LogP contribution in [0.15, 0.2) is 18.2 Å². The molecule has 0 N–H and O–H groups in total. The summed E-state index contributed by atoms with van der Waals surface area (Å²) in [5.74, 6) is 0.631. The zero-order valence-electron chi connectivity index (χ0n) is 7.93. The number of hydrogen-bond acceptors (Lipinski definition) is 0. The molecule has 0 heteroatoms. The number of benzene rings is 1. The minimum Gasteiger partial charge on any atom is -0.0912 e. The fraction of sp³-hybridized carbons (Fsp3) is 0.333. The first kappa shape index (κ1) is 9.05. The highest BCUT2D eigenvalue weighted by molar-refractivity contribution is 5.25. The summed E-state index contributed by atoms with van der Waals surface area (Å²) in [5, 5.41) is 2.08. The summed E-state index contributed by atoms with van der Waals surface area (Å²) in [4.78, 5) is 0. The molecule has 1 rings (SSSR count). The Balaban J connectivity index is 3.13. The molecule has 0 aliphatic rings. The van der Waals surface area contributed by atoms with Crippen LogP contribution in [0.4, 0.5) is 0 Å². The predicted molar refractivity (Wildman–Crippen MR) is 55.4 cm³/mol. The molecule has 0 amide bonds. The van der Waals surface area contributed by atoms with Crippen molar-refractivity contribution in [3.63, 3.8) is 0 Å². The largest absolute Gasteiger partial charge is 0.0912 e. The van der Waals surface area contributed by atoms with E-state index in [0.29, 0.717) is 5.92 Å². The van der Waals surface area contributed by atoms with E-state index < -0.39 is 0 Å². The topological polar surface area (TPSA) is 0 Å². The Morgan fingerprint density at radius 3 is 2.42 bits per heavy atom. The highest BCUT2D eigenvalue weighted by Crippen LogP contribution is 2.14. The van der Waals surface area contributed by atoms with Crippen LogP contribution in [0.5, 0.6) is 0 Å². The van der Waals surface area contributed by atoms with Gasteiger partial charge < -0.3 is 0 Å². The van der Waals surface area contributed by atoms with E-state index in [0.717, 1.165) is 10.4 Å². The maximum atomic E-state index is 3.93. The van der Waals surface area contributed by atoms with Crippen molar-refractivity contribution >= 4 is 13.2 Å². The van der Waals surface area contributed by atoms with E-state index in [1.165, 1.54) is 12.0 Å². The van der Waals surface area contributed by atoms with Gasteiger partial charge in [-0.3, -0.25) is 0 Å². The van der Waals surface area contributed by atoms with Crippen molar-refractivity contribution in [2.75, 3.05) is 0 Å². The van der Waals surface area contributed by atoms with Crippen molar-refractivity contribution in [1.29, 1.82) is 0 Å². The van der Waals surface area contributed by atoms with E-state index in [-0.39, 0.29) is 0 Å². The second-order valence-corrected chi connectivity index (χ2v) is 3.34. The lowest BCUT2D eigenvalue weighted by Gasteiger charge is -2.07. The molecule has 64 valence electrons. The van der Waals surface area contributed by atoms with Crippen LogP contribution in [-0.2, 0) is 0 Å². The minimum absolute atomic E-state index is 0.631. The van der Waals surface area contributed by atoms with Gasteiger partial charge in [-0.2, -0.15) is 0 Å². The third-order valence-electron chi connectivity index (χ3n) is 2.41. The van der Waals surface area contributed by atoms with Gasteiger partial charge in [0.15, 0.2) is 0 Å². The Morgan fingerprint density at radius 2 is 1.92 bits per heavy atom. The molecule has 0 aliphatic carbocycles. The number of hydrogen-bond donors (Lipinski definition) is 0. The van der Waals surface area contributed by atoms with Gasteiger partial charge in [0.2, 0.25) is 0 Å². The molecule has 0 bridgehead atoms. The van der Waals surface area contributed by atoms with Crippen molar-refractivity contribution in [2.24, 2.45) is 0 Å². The highest BCUT2D eigenvalue weighted by atomic mass is 14.1. The molecule has 1 aromatic carbocycles. The third-order valence-corrected chi connectivity index (χ3v) is 2.41. The van der Waals surface area contributed by atoms with Gasteiger partial charge in [-0.05, 0) is 28.3 Å². The van der Waals surface area contributed by atoms with Crippen LogP contribution >= 0.6 is 0 Å². The lowest BCUT2D eigenvalue weighted by atomic mass is 9.98. The Labute approximate surface area is 74.2 Å². The monoisotopic (exact) mass is 160 g/mol. The molecular weight excluding hydrogens is 144 g/mol. The first-order valence-corrected chi connectivity index (χ1v) is 4.43. The standard InChI is InChI=1S/C12H16/c1-5-9(2)12-7-6-10(3)11(4)8-12/h6-9H,3-5H2,1-2H3. The summed E-state index contributed by atoms with van der Waals surface area (Å²) in [7, 11) is 0. The van der Waals surface area contributed by atoms with Crippen LogP contribution in [0, 0.1) is 0 Å². The van der Waals surface area contributed by atoms with E-state index >= 15 is 0 Å². The fourth-order valence-corrected chi connectivity index (χ4v) is 1.19. The normalized spacial score (nSPS) is 12.8. The molecule has 0 aliphatic heterocycles. The second-order valence-electron chi connectivity index (χ2n) is 3.34. The second kappa shape index (κ2) is 3.57. The molecule has 0 saturated heterocycles. The Bertz CT molecular complexity index is 349. The molecule has 0 heterocycles. The maximum Gasteiger partial charge on any atom is -0.0193 e. The van der Waals surface area contributed by atoms with Crippen LogP contribution < -0.4 is 10.4 Å². The van der Waals surface area contributed by atoms with E-state index in [1.807, 2.05) is 6.07 Å². The van der Waals surface area contributed by atoms with E-state index in [2.05, 4.69) is 39.1 Å². The maximum absolute atomic E-state index is 3.93. The average Bonchev–Trinajstić information content (AvgIpc) is 2.08. The third kappa shape index (κ3) is 1.76. The first-order chi connectivity index (χ1) is 5.65. The highest BCUT2D eigenvalue weighted by Gasteiger charge is 2.00. The molecule has 0 nitrogen and oxygen atoms in total. The summed E-state index contributed by atoms with van der Waals surface area (Å²) in [6.07, 6.45) is 1.18. The molecule has 0 spiro atoms. The molecular formula is C12H16. The van der Waals surface area contributed by atoms with Crippen molar-refractivity contribution in [1.82, 2.24) is 0 Å². The Hall–Kier alpha value is -1.04. The molecule has 12 heavy (non-hydrogen) atoms. The van der Waals surface area contributed by atoms with Gasteiger partial charge in [0, 0.05) is 0 Å². The molecule has 0 radical (unpaired) electrons. The first-order valence-electron chi connectivity index (χ1n) is 4.43. The van der Waals surface area contributed by atoms with Crippen molar-refractivity contribution < 1.29 is 0 Å². The van der Waals surface area contributed by atoms with E-state index in [1.54, 1.807) is 0 Å². The quantitative estimate of drug-likeness (QED) is 0.621. The van der Waals surface area contributed by atoms with Crippen LogP contribution in [0.3, 0.4) is 0 Å². The Morgan fingerprint density at radius 1 is 1.25 bits per heavy atom. The smallest absolute Gasteiger partial charge is 0.0193 e. The molecule has 0 fully saturated rings. The summed E-state index contributed by atoms with van der Waals surface area (Å²) in [6.45, 7) is 12.3. The zero-order valence-corrected chi connectivity index (χ0v) is 7.93. The number of rotatable bonds is 2. The van der Waals surface area contributed by atoms with Gasteiger partial charge in [-0.25, -0.2) is 0 Å². The van der Waals surface area contributed by atoms with Gasteiger partial charge in [0.25, 0.3) is 0 Å². The van der Waals surface area contributed by atoms with Gasteiger partial charge in [0.05, 0.1) is 0 Å². The van der Waals surface area contributed by atoms with E-state index in [9.17, 15) is 0 Å². The van der Waals surface area contributed by atoms with Crippen LogP contribution in [0.25, 0.3) is 13.2 Å². The van der Waals surface area contributed by atoms with Crippen molar-refractivity contribution in [3.05, 3.63) is 34.2 Å². The molecule has 0 saturated carbocycles. The average molecular weight is 160 g/mol.